The summed E-state index contributed by atoms with van der Waals surface area (Å²) in [4.78, 5) is 166. The molecule has 550 valence electrons. The number of nitrogens with two attached hydrogens (primary N) is 1. The average Bonchev–Trinajstić information content (AvgIpc) is 1.78. The van der Waals surface area contributed by atoms with Crippen molar-refractivity contribution < 1.29 is 89.5 Å². The Morgan fingerprint density at radius 3 is 1.97 bits per heavy atom. The van der Waals surface area contributed by atoms with E-state index in [1.54, 1.807) is 97.7 Å². The topological polar surface area (TPSA) is 407 Å². The van der Waals surface area contributed by atoms with Crippen molar-refractivity contribution in [3.05, 3.63) is 77.4 Å². The van der Waals surface area contributed by atoms with Gasteiger partial charge in [0.15, 0.2) is 5.78 Å². The summed E-state index contributed by atoms with van der Waals surface area (Å²) < 4.78 is 58.0. The number of hydrogen-bond donors (Lipinski definition) is 8. The van der Waals surface area contributed by atoms with Crippen molar-refractivity contribution in [1.82, 2.24) is 46.2 Å². The van der Waals surface area contributed by atoms with Gasteiger partial charge in [-0.2, -0.15) is 8.42 Å². The zero-order valence-corrected chi connectivity index (χ0v) is 60.1. The molecule has 31 heteroatoms. The molecule has 12 amide bonds. The molecule has 4 rings (SSSR count). The molecule has 2 aliphatic rings. The number of carbonyl (C=O) groups is 12. The van der Waals surface area contributed by atoms with E-state index in [2.05, 4.69) is 31.9 Å². The summed E-state index contributed by atoms with van der Waals surface area (Å²) in [5.41, 5.74) is 5.61. The Labute approximate surface area is 580 Å². The predicted octanol–water partition coefficient (Wildman–Crippen LogP) is 3.46. The lowest BCUT2D eigenvalue weighted by Gasteiger charge is -2.41. The summed E-state index contributed by atoms with van der Waals surface area (Å²) in [7, 11) is 1.04. The molecule has 0 radical (unpaired) electrons. The molecule has 2 aliphatic heterocycles. The summed E-state index contributed by atoms with van der Waals surface area (Å²) in [6.07, 6.45) is 1.08. The van der Waals surface area contributed by atoms with Crippen LogP contribution in [0, 0.1) is 29.6 Å². The summed E-state index contributed by atoms with van der Waals surface area (Å²) in [6, 6.07) is 4.74. The van der Waals surface area contributed by atoms with Crippen LogP contribution in [-0.4, -0.2) is 219 Å². The van der Waals surface area contributed by atoms with Gasteiger partial charge in [0.25, 0.3) is 21.9 Å². The third-order valence-corrected chi connectivity index (χ3v) is 18.4. The highest BCUT2D eigenvalue weighted by Crippen LogP contribution is 2.31. The zero-order chi connectivity index (χ0) is 74.2. The van der Waals surface area contributed by atoms with Crippen molar-refractivity contribution in [3.8, 4) is 0 Å². The normalized spacial score (nSPS) is 16.9. The summed E-state index contributed by atoms with van der Waals surface area (Å²) in [5.74, 6) is -8.90. The molecule has 99 heavy (non-hydrogen) atoms. The van der Waals surface area contributed by atoms with Crippen molar-refractivity contribution in [3.63, 3.8) is 0 Å². The van der Waals surface area contributed by atoms with E-state index in [4.69, 9.17) is 24.7 Å². The van der Waals surface area contributed by atoms with Crippen LogP contribution in [0.1, 0.15) is 136 Å². The number of methoxy groups -OCH3 is 2. The first-order valence-electron chi connectivity index (χ1n) is 33.4. The Morgan fingerprint density at radius 2 is 1.39 bits per heavy atom. The Hall–Kier alpha value is -8.39. The molecule has 1 saturated heterocycles. The average molecular weight is 1410 g/mol. The van der Waals surface area contributed by atoms with Gasteiger partial charge in [-0.05, 0) is 79.5 Å². The maximum Gasteiger partial charge on any atom is 0.410 e. The number of ketones is 1. The van der Waals surface area contributed by atoms with Crippen molar-refractivity contribution in [2.45, 2.75) is 181 Å². The van der Waals surface area contributed by atoms with E-state index < -0.39 is 160 Å². The van der Waals surface area contributed by atoms with E-state index in [0.717, 1.165) is 22.0 Å². The van der Waals surface area contributed by atoms with Gasteiger partial charge in [0, 0.05) is 71.2 Å². The van der Waals surface area contributed by atoms with Crippen molar-refractivity contribution in [2.24, 2.45) is 35.3 Å². The number of likely N-dealkylation sites (tertiary alicyclic amines) is 1. The number of benzene rings is 2. The molecule has 0 aliphatic carbocycles. The summed E-state index contributed by atoms with van der Waals surface area (Å²) >= 11 is 0. The molecule has 0 aromatic heterocycles. The number of Topliss-reactive ketones (excluding diaryl/α,β-unsaturated/α-hetero) is 1. The van der Waals surface area contributed by atoms with Gasteiger partial charge < -0.3 is 66.4 Å². The number of likely N-dealkylation sites (N-methyl/N-ethyl adjacent to an activating group) is 2. The highest BCUT2D eigenvalue weighted by Gasteiger charge is 2.44. The number of nitrogens with zero attached hydrogens (tertiary/aromatic N) is 4. The second kappa shape index (κ2) is 39.4. The number of hydrogen-bond acceptors (Lipinski definition) is 18. The van der Waals surface area contributed by atoms with Crippen LogP contribution in [0.4, 0.5) is 15.3 Å². The van der Waals surface area contributed by atoms with E-state index in [9.17, 15) is 70.5 Å². The molecule has 2 aromatic carbocycles. The first kappa shape index (κ1) is 83.0. The first-order chi connectivity index (χ1) is 46.6. The molecule has 2 aromatic rings. The molecular weight excluding hydrogens is 1310 g/mol. The van der Waals surface area contributed by atoms with Crippen molar-refractivity contribution >= 4 is 86.9 Å². The van der Waals surface area contributed by atoms with Gasteiger partial charge in [0.2, 0.25) is 41.4 Å². The minimum atomic E-state index is -4.78. The first-order valence-corrected chi connectivity index (χ1v) is 35.0. The Kier molecular flexibility index (Phi) is 33.1. The number of nitrogens with one attached hydrogen (secondary N) is 6. The van der Waals surface area contributed by atoms with Gasteiger partial charge in [-0.1, -0.05) is 105 Å². The van der Waals surface area contributed by atoms with E-state index in [1.807, 2.05) is 13.8 Å². The van der Waals surface area contributed by atoms with Crippen molar-refractivity contribution in [1.29, 1.82) is 0 Å². The molecular formula is C68H103N11O19S. The van der Waals surface area contributed by atoms with Crippen LogP contribution in [0.5, 0.6) is 0 Å². The fourth-order valence-electron chi connectivity index (χ4n) is 12.1. The monoisotopic (exact) mass is 1410 g/mol. The standard InChI is InChI=1S/C68H103N11O19S/c1-15-42(8)59(51(95-13)36-55(83)78-31-20-24-50(78)61(96-14)43(9)62(85)71-44(10)60(84)45-21-17-16-18-22-45)76(11)66(89)57(40(4)5)75-65(88)58(41(6)7)77(12)68(91)98-37-46-25-26-48(35-47(46)38-99(92,93)94)72-63(86)49(23-19-30-70-67(69)90)73-64(87)56(39(2)3)74-52(80)29-33-97-34-32-79-53(81)27-28-54(79)82/h16-18,21-22,25-28,35,39-44,49-51,56-59,61H,15,19-20,23-24,29-34,36-38H2,1-14H3,(H,71,85)(H,72,86)(H,73,87)(H,74,80)(H,75,88)(H3,69,70,90)(H,92,93,94)/t42?,43?,44?,49-,50?,51?,56?,57?,58?,59?,61?/m0/s1. The quantitative estimate of drug-likeness (QED) is 0.0205. The molecule has 9 N–H and O–H groups in total. The summed E-state index contributed by atoms with van der Waals surface area (Å²) in [5, 5.41) is 16.0. The maximum absolute atomic E-state index is 14.9. The van der Waals surface area contributed by atoms with Crippen LogP contribution < -0.4 is 37.6 Å². The van der Waals surface area contributed by atoms with Crippen LogP contribution in [0.3, 0.4) is 0 Å². The lowest BCUT2D eigenvalue weighted by Crippen LogP contribution is -2.60. The van der Waals surface area contributed by atoms with Gasteiger partial charge in [-0.3, -0.25) is 62.3 Å². The Bertz CT molecular complexity index is 3280. The number of imide groups is 1. The second-order valence-electron chi connectivity index (χ2n) is 26.1. The lowest BCUT2D eigenvalue weighted by atomic mass is 9.89. The molecule has 0 bridgehead atoms. The van der Waals surface area contributed by atoms with Crippen LogP contribution in [0.25, 0.3) is 0 Å². The van der Waals surface area contributed by atoms with E-state index in [1.165, 1.54) is 44.4 Å². The molecule has 30 nitrogen and oxygen atoms in total. The van der Waals surface area contributed by atoms with Crippen LogP contribution in [-0.2, 0) is 84.6 Å². The molecule has 1 fully saturated rings. The number of carbonyl (C=O) groups excluding carboxylic acids is 12. The minimum Gasteiger partial charge on any atom is -0.445 e. The molecule has 0 saturated carbocycles. The SMILES string of the molecule is CCC(C)C(C(CC(=O)N1CCCC1C(OC)C(C)C(=O)NC(C)C(=O)c1ccccc1)OC)N(C)C(=O)C(NC(=O)C(C(C)C)N(C)C(=O)OCc1ccc(NC(=O)[C@H](CCCNC(N)=O)NC(=O)C(NC(=O)CCOCCN2C(=O)C=CC2=O)C(C)C)cc1CS(=O)(=O)O)C(C)C. The molecule has 2 heterocycles. The fraction of sp³-hybridized carbons (Fsp3) is 0.618. The van der Waals surface area contributed by atoms with Gasteiger partial charge in [0.1, 0.15) is 36.5 Å². The zero-order valence-electron chi connectivity index (χ0n) is 59.3. The number of anilines is 1. The lowest BCUT2D eigenvalue weighted by molar-refractivity contribution is -0.148. The van der Waals surface area contributed by atoms with Crippen LogP contribution >= 0.6 is 0 Å². The summed E-state index contributed by atoms with van der Waals surface area (Å²) in [6.45, 7) is 16.9. The number of urea groups is 1. The predicted molar refractivity (Wildman–Crippen MR) is 365 cm³/mol. The van der Waals surface area contributed by atoms with Gasteiger partial charge >= 0.3 is 12.1 Å². The Morgan fingerprint density at radius 1 is 0.747 bits per heavy atom. The molecule has 11 atom stereocenters. The number of rotatable bonds is 40. The third-order valence-electron chi connectivity index (χ3n) is 17.8. The fourth-order valence-corrected chi connectivity index (χ4v) is 12.8. The maximum atomic E-state index is 14.9. The van der Waals surface area contributed by atoms with E-state index in [0.29, 0.717) is 31.4 Å². The number of amides is 12. The highest BCUT2D eigenvalue weighted by molar-refractivity contribution is 7.85. The largest absolute Gasteiger partial charge is 0.445 e. The second-order valence-corrected chi connectivity index (χ2v) is 27.6. The smallest absolute Gasteiger partial charge is 0.410 e. The van der Waals surface area contributed by atoms with Crippen LogP contribution in [0.15, 0.2) is 60.7 Å². The molecule has 0 spiro atoms. The number of primary amides is 1. The highest BCUT2D eigenvalue weighted by atomic mass is 32.2. The van der Waals surface area contributed by atoms with E-state index in [-0.39, 0.29) is 86.4 Å². The van der Waals surface area contributed by atoms with Gasteiger partial charge in [-0.25, -0.2) is 9.59 Å². The number of ether oxygens (including phenoxy) is 4. The van der Waals surface area contributed by atoms with E-state index >= 15 is 0 Å². The van der Waals surface area contributed by atoms with Gasteiger partial charge in [0.05, 0.1) is 62.4 Å². The van der Waals surface area contributed by atoms with Crippen LogP contribution in [0.2, 0.25) is 0 Å². The van der Waals surface area contributed by atoms with Gasteiger partial charge in [-0.15, -0.1) is 0 Å². The molecule has 10 unspecified atom stereocenters. The minimum absolute atomic E-state index is 0.00356. The van der Waals surface area contributed by atoms with Crippen molar-refractivity contribution in [2.75, 3.05) is 66.5 Å². The Balaban J connectivity index is 1.46. The third kappa shape index (κ3) is 24.8.